The smallest absolute Gasteiger partial charge is 0.374 e. The molecule has 0 unspecified atom stereocenters. The van der Waals surface area contributed by atoms with Gasteiger partial charge >= 0.3 is 5.97 Å². The van der Waals surface area contributed by atoms with Gasteiger partial charge in [0.15, 0.2) is 5.13 Å². The number of likely N-dealkylation sites (tertiary alicyclic amines) is 1. The molecule has 1 atom stereocenters. The standard InChI is InChI=1S/C16H19N3O4S/c1-10-8-11(23-13(10)15(21)22-2)9-19-6-3-4-12(19)14(20)18-16-17-5-7-24-16/h5,7-8,12H,3-4,6,9H2,1-2H3,(H,17,18,20)/t12-/m1/s1. The van der Waals surface area contributed by atoms with Crippen LogP contribution in [-0.2, 0) is 16.1 Å². The van der Waals surface area contributed by atoms with Crippen LogP contribution in [0.15, 0.2) is 22.1 Å². The van der Waals surface area contributed by atoms with E-state index in [0.717, 1.165) is 24.9 Å². The lowest BCUT2D eigenvalue weighted by molar-refractivity contribution is -0.120. The van der Waals surface area contributed by atoms with Gasteiger partial charge in [-0.2, -0.15) is 0 Å². The molecule has 2 aromatic rings. The molecule has 1 N–H and O–H groups in total. The summed E-state index contributed by atoms with van der Waals surface area (Å²) in [7, 11) is 1.32. The van der Waals surface area contributed by atoms with Crippen LogP contribution in [0.4, 0.5) is 5.13 Å². The molecule has 3 heterocycles. The third-order valence-electron chi connectivity index (χ3n) is 4.03. The number of carbonyl (C=O) groups excluding carboxylic acids is 2. The topological polar surface area (TPSA) is 84.7 Å². The van der Waals surface area contributed by atoms with E-state index in [1.165, 1.54) is 18.4 Å². The van der Waals surface area contributed by atoms with E-state index in [4.69, 9.17) is 9.15 Å². The van der Waals surface area contributed by atoms with Crippen molar-refractivity contribution in [2.24, 2.45) is 0 Å². The van der Waals surface area contributed by atoms with E-state index in [1.807, 2.05) is 11.4 Å². The molecule has 0 aliphatic carbocycles. The number of anilines is 1. The van der Waals surface area contributed by atoms with Gasteiger partial charge in [-0.25, -0.2) is 9.78 Å². The van der Waals surface area contributed by atoms with Crippen LogP contribution in [0.25, 0.3) is 0 Å². The number of carbonyl (C=O) groups is 2. The van der Waals surface area contributed by atoms with Crippen molar-refractivity contribution in [1.82, 2.24) is 9.88 Å². The van der Waals surface area contributed by atoms with Gasteiger partial charge in [0.1, 0.15) is 5.76 Å². The lowest BCUT2D eigenvalue weighted by atomic mass is 10.2. The molecule has 1 amide bonds. The molecular weight excluding hydrogens is 330 g/mol. The Morgan fingerprint density at radius 3 is 3.08 bits per heavy atom. The number of hydrogen-bond donors (Lipinski definition) is 1. The van der Waals surface area contributed by atoms with Gasteiger partial charge in [0.25, 0.3) is 0 Å². The molecular formula is C16H19N3O4S. The number of nitrogens with one attached hydrogen (secondary N) is 1. The third kappa shape index (κ3) is 3.49. The monoisotopic (exact) mass is 349 g/mol. The molecule has 3 rings (SSSR count). The Bertz CT molecular complexity index is 726. The molecule has 8 heteroatoms. The van der Waals surface area contributed by atoms with E-state index in [-0.39, 0.29) is 17.7 Å². The van der Waals surface area contributed by atoms with Gasteiger partial charge in [0.2, 0.25) is 11.7 Å². The Morgan fingerprint density at radius 1 is 1.54 bits per heavy atom. The molecule has 0 spiro atoms. The quantitative estimate of drug-likeness (QED) is 0.835. The Labute approximate surface area is 143 Å². The molecule has 0 saturated carbocycles. The number of rotatable bonds is 5. The molecule has 0 bridgehead atoms. The van der Waals surface area contributed by atoms with Crippen LogP contribution in [0, 0.1) is 6.92 Å². The lowest BCUT2D eigenvalue weighted by Crippen LogP contribution is -2.39. The number of methoxy groups -OCH3 is 1. The van der Waals surface area contributed by atoms with Crippen molar-refractivity contribution in [3.8, 4) is 0 Å². The molecule has 1 aliphatic heterocycles. The number of aryl methyl sites for hydroxylation is 1. The zero-order chi connectivity index (χ0) is 17.1. The molecule has 0 aromatic carbocycles. The Kier molecular flexibility index (Phi) is 4.96. The van der Waals surface area contributed by atoms with E-state index < -0.39 is 5.97 Å². The van der Waals surface area contributed by atoms with Gasteiger partial charge in [0, 0.05) is 17.1 Å². The molecule has 7 nitrogen and oxygen atoms in total. The summed E-state index contributed by atoms with van der Waals surface area (Å²) in [6, 6.07) is 1.60. The van der Waals surface area contributed by atoms with E-state index in [0.29, 0.717) is 17.4 Å². The van der Waals surface area contributed by atoms with E-state index in [1.54, 1.807) is 13.1 Å². The number of amides is 1. The fourth-order valence-electron chi connectivity index (χ4n) is 2.91. The zero-order valence-electron chi connectivity index (χ0n) is 13.6. The lowest BCUT2D eigenvalue weighted by Gasteiger charge is -2.22. The van der Waals surface area contributed by atoms with Crippen molar-refractivity contribution in [3.63, 3.8) is 0 Å². The second kappa shape index (κ2) is 7.14. The van der Waals surface area contributed by atoms with Crippen LogP contribution in [0.2, 0.25) is 0 Å². The summed E-state index contributed by atoms with van der Waals surface area (Å²) in [6.45, 7) is 3.09. The highest BCUT2D eigenvalue weighted by atomic mass is 32.1. The maximum absolute atomic E-state index is 12.4. The van der Waals surface area contributed by atoms with Crippen LogP contribution in [0.3, 0.4) is 0 Å². The highest BCUT2D eigenvalue weighted by Crippen LogP contribution is 2.24. The van der Waals surface area contributed by atoms with Crippen molar-refractivity contribution in [2.45, 2.75) is 32.4 Å². The minimum Gasteiger partial charge on any atom is -0.463 e. The van der Waals surface area contributed by atoms with Gasteiger partial charge in [-0.15, -0.1) is 11.3 Å². The van der Waals surface area contributed by atoms with E-state index in [9.17, 15) is 9.59 Å². The highest BCUT2D eigenvalue weighted by Gasteiger charge is 2.32. The number of thiazole rings is 1. The number of nitrogens with zero attached hydrogens (tertiary/aromatic N) is 2. The predicted molar refractivity (Wildman–Crippen MR) is 89.0 cm³/mol. The molecule has 0 radical (unpaired) electrons. The minimum absolute atomic E-state index is 0.0566. The van der Waals surface area contributed by atoms with Gasteiger partial charge in [0.05, 0.1) is 19.7 Å². The maximum Gasteiger partial charge on any atom is 0.374 e. The Morgan fingerprint density at radius 2 is 2.38 bits per heavy atom. The zero-order valence-corrected chi connectivity index (χ0v) is 14.4. The minimum atomic E-state index is -0.488. The molecule has 24 heavy (non-hydrogen) atoms. The summed E-state index contributed by atoms with van der Waals surface area (Å²) in [5.74, 6) is 0.328. The average molecular weight is 349 g/mol. The second-order valence-corrected chi connectivity index (χ2v) is 6.57. The van der Waals surface area contributed by atoms with Gasteiger partial charge in [-0.1, -0.05) is 0 Å². The summed E-state index contributed by atoms with van der Waals surface area (Å²) in [4.78, 5) is 30.2. The maximum atomic E-state index is 12.4. The van der Waals surface area contributed by atoms with Crippen LogP contribution >= 0.6 is 11.3 Å². The van der Waals surface area contributed by atoms with Crippen LogP contribution < -0.4 is 5.32 Å². The fraction of sp³-hybridized carbons (Fsp3) is 0.438. The van der Waals surface area contributed by atoms with Crippen LogP contribution in [0.1, 0.15) is 34.7 Å². The first-order chi connectivity index (χ1) is 11.6. The van der Waals surface area contributed by atoms with Crippen molar-refractivity contribution in [2.75, 3.05) is 19.0 Å². The largest absolute Gasteiger partial charge is 0.463 e. The summed E-state index contributed by atoms with van der Waals surface area (Å²) >= 11 is 1.39. The first-order valence-corrected chi connectivity index (χ1v) is 8.58. The average Bonchev–Trinajstić information content (AvgIpc) is 3.28. The first-order valence-electron chi connectivity index (χ1n) is 7.70. The number of esters is 1. The number of ether oxygens (including phenoxy) is 1. The fourth-order valence-corrected chi connectivity index (χ4v) is 3.44. The summed E-state index contributed by atoms with van der Waals surface area (Å²) in [5.41, 5.74) is 0.736. The van der Waals surface area contributed by atoms with Gasteiger partial charge in [-0.3, -0.25) is 9.69 Å². The van der Waals surface area contributed by atoms with Crippen LogP contribution in [-0.4, -0.2) is 41.5 Å². The second-order valence-electron chi connectivity index (χ2n) is 5.67. The van der Waals surface area contributed by atoms with Gasteiger partial charge in [-0.05, 0) is 32.4 Å². The van der Waals surface area contributed by atoms with Crippen LogP contribution in [0.5, 0.6) is 0 Å². The summed E-state index contributed by atoms with van der Waals surface area (Å²) < 4.78 is 10.3. The molecule has 2 aromatic heterocycles. The Balaban J connectivity index is 1.67. The van der Waals surface area contributed by atoms with Crippen molar-refractivity contribution in [1.29, 1.82) is 0 Å². The van der Waals surface area contributed by atoms with E-state index >= 15 is 0 Å². The normalized spacial score (nSPS) is 17.8. The number of hydrogen-bond acceptors (Lipinski definition) is 7. The SMILES string of the molecule is COC(=O)c1oc(CN2CCC[C@@H]2C(=O)Nc2nccs2)cc1C. The van der Waals surface area contributed by atoms with Crippen molar-refractivity contribution in [3.05, 3.63) is 34.7 Å². The Hall–Kier alpha value is -2.19. The highest BCUT2D eigenvalue weighted by molar-refractivity contribution is 7.13. The molecule has 1 fully saturated rings. The summed E-state index contributed by atoms with van der Waals surface area (Å²) in [5, 5.41) is 5.27. The molecule has 1 saturated heterocycles. The number of furan rings is 1. The van der Waals surface area contributed by atoms with Crippen molar-refractivity contribution < 1.29 is 18.7 Å². The van der Waals surface area contributed by atoms with Crippen molar-refractivity contribution >= 4 is 28.3 Å². The number of aromatic nitrogens is 1. The summed E-state index contributed by atoms with van der Waals surface area (Å²) in [6.07, 6.45) is 3.40. The predicted octanol–water partition coefficient (Wildman–Crippen LogP) is 2.43. The first kappa shape index (κ1) is 16.7. The molecule has 128 valence electrons. The molecule has 1 aliphatic rings. The van der Waals surface area contributed by atoms with E-state index in [2.05, 4.69) is 15.2 Å². The third-order valence-corrected chi connectivity index (χ3v) is 4.72. The van der Waals surface area contributed by atoms with Gasteiger partial charge < -0.3 is 14.5 Å².